The Kier molecular flexibility index (Phi) is 9.14. The fourth-order valence-corrected chi connectivity index (χ4v) is 2.90. The van der Waals surface area contributed by atoms with Gasteiger partial charge in [-0.1, -0.05) is 32.8 Å². The fraction of sp³-hybridized carbons (Fsp3) is 0.750. The van der Waals surface area contributed by atoms with Crippen LogP contribution >= 0.6 is 11.3 Å². The Balaban J connectivity index is 2.26. The molecule has 0 amide bonds. The molecule has 1 atom stereocenters. The summed E-state index contributed by atoms with van der Waals surface area (Å²) in [6.07, 6.45) is 5.22. The van der Waals surface area contributed by atoms with E-state index >= 15 is 0 Å². The standard InChI is InChI=1S/C16H30N2S/c1-4-6-10-18(11-7-5-2)15(3)13-17-14-16-9-8-12-19-16/h8-9,12,15,17H,4-7,10-11,13-14H2,1-3H3. The van der Waals surface area contributed by atoms with Gasteiger partial charge in [0.1, 0.15) is 0 Å². The second-order valence-corrected chi connectivity index (χ2v) is 6.33. The van der Waals surface area contributed by atoms with E-state index in [1.165, 1.54) is 43.6 Å². The Hall–Kier alpha value is -0.380. The van der Waals surface area contributed by atoms with Crippen LogP contribution in [0.1, 0.15) is 51.3 Å². The lowest BCUT2D eigenvalue weighted by atomic mass is 10.2. The molecule has 0 aliphatic carbocycles. The monoisotopic (exact) mass is 282 g/mol. The lowest BCUT2D eigenvalue weighted by Crippen LogP contribution is -2.41. The van der Waals surface area contributed by atoms with Gasteiger partial charge in [-0.2, -0.15) is 0 Å². The molecule has 0 fully saturated rings. The first-order chi connectivity index (χ1) is 9.27. The molecule has 110 valence electrons. The van der Waals surface area contributed by atoms with E-state index in [1.807, 2.05) is 11.3 Å². The van der Waals surface area contributed by atoms with Crippen molar-refractivity contribution in [3.8, 4) is 0 Å². The molecule has 1 heterocycles. The number of nitrogens with one attached hydrogen (secondary N) is 1. The van der Waals surface area contributed by atoms with E-state index < -0.39 is 0 Å². The molecule has 0 spiro atoms. The van der Waals surface area contributed by atoms with Crippen LogP contribution < -0.4 is 5.32 Å². The average molecular weight is 282 g/mol. The third kappa shape index (κ3) is 7.09. The second kappa shape index (κ2) is 10.4. The highest BCUT2D eigenvalue weighted by atomic mass is 32.1. The van der Waals surface area contributed by atoms with Gasteiger partial charge in [0.25, 0.3) is 0 Å². The summed E-state index contributed by atoms with van der Waals surface area (Å²) >= 11 is 1.83. The molecular formula is C16H30N2S. The van der Waals surface area contributed by atoms with Crippen molar-refractivity contribution in [3.63, 3.8) is 0 Å². The van der Waals surface area contributed by atoms with Crippen molar-refractivity contribution >= 4 is 11.3 Å². The quantitative estimate of drug-likeness (QED) is 0.656. The van der Waals surface area contributed by atoms with Gasteiger partial charge < -0.3 is 5.32 Å². The Morgan fingerprint density at radius 2 is 1.89 bits per heavy atom. The zero-order valence-electron chi connectivity index (χ0n) is 12.8. The van der Waals surface area contributed by atoms with Gasteiger partial charge in [0.15, 0.2) is 0 Å². The number of nitrogens with zero attached hydrogens (tertiary/aromatic N) is 1. The van der Waals surface area contributed by atoms with E-state index in [9.17, 15) is 0 Å². The van der Waals surface area contributed by atoms with Gasteiger partial charge in [-0.25, -0.2) is 0 Å². The first-order valence-electron chi connectivity index (χ1n) is 7.75. The molecular weight excluding hydrogens is 252 g/mol. The lowest BCUT2D eigenvalue weighted by Gasteiger charge is -2.29. The molecule has 0 saturated heterocycles. The van der Waals surface area contributed by atoms with E-state index in [0.717, 1.165) is 13.1 Å². The molecule has 3 heteroatoms. The highest BCUT2D eigenvalue weighted by molar-refractivity contribution is 7.09. The largest absolute Gasteiger partial charge is 0.310 e. The molecule has 0 aromatic carbocycles. The molecule has 19 heavy (non-hydrogen) atoms. The van der Waals surface area contributed by atoms with Crippen molar-refractivity contribution < 1.29 is 0 Å². The van der Waals surface area contributed by atoms with Crippen LogP contribution in [0.25, 0.3) is 0 Å². The summed E-state index contributed by atoms with van der Waals surface area (Å²) in [5.41, 5.74) is 0. The maximum atomic E-state index is 3.59. The maximum Gasteiger partial charge on any atom is 0.0300 e. The number of thiophene rings is 1. The van der Waals surface area contributed by atoms with Crippen LogP contribution in [0, 0.1) is 0 Å². The van der Waals surface area contributed by atoms with E-state index in [0.29, 0.717) is 6.04 Å². The zero-order chi connectivity index (χ0) is 13.9. The predicted octanol–water partition coefficient (Wildman–Crippen LogP) is 4.13. The van der Waals surface area contributed by atoms with Gasteiger partial charge in [-0.15, -0.1) is 11.3 Å². The predicted molar refractivity (Wildman–Crippen MR) is 86.9 cm³/mol. The summed E-state index contributed by atoms with van der Waals surface area (Å²) in [4.78, 5) is 4.08. The van der Waals surface area contributed by atoms with Crippen molar-refractivity contribution in [1.29, 1.82) is 0 Å². The van der Waals surface area contributed by atoms with Crippen molar-refractivity contribution in [2.24, 2.45) is 0 Å². The Morgan fingerprint density at radius 3 is 2.42 bits per heavy atom. The molecule has 1 N–H and O–H groups in total. The molecule has 0 saturated carbocycles. The first-order valence-corrected chi connectivity index (χ1v) is 8.63. The highest BCUT2D eigenvalue weighted by Gasteiger charge is 2.12. The lowest BCUT2D eigenvalue weighted by molar-refractivity contribution is 0.198. The second-order valence-electron chi connectivity index (χ2n) is 5.30. The molecule has 0 aliphatic rings. The van der Waals surface area contributed by atoms with Crippen LogP contribution in [0.2, 0.25) is 0 Å². The minimum absolute atomic E-state index is 0.637. The molecule has 1 rings (SSSR count). The van der Waals surface area contributed by atoms with Crippen LogP contribution in [0.4, 0.5) is 0 Å². The summed E-state index contributed by atoms with van der Waals surface area (Å²) in [6, 6.07) is 4.96. The van der Waals surface area contributed by atoms with Gasteiger partial charge >= 0.3 is 0 Å². The molecule has 0 radical (unpaired) electrons. The third-order valence-corrected chi connectivity index (χ3v) is 4.42. The Bertz CT molecular complexity index is 290. The third-order valence-electron chi connectivity index (χ3n) is 3.54. The van der Waals surface area contributed by atoms with Gasteiger partial charge in [-0.3, -0.25) is 4.90 Å². The molecule has 1 aromatic rings. The minimum Gasteiger partial charge on any atom is -0.310 e. The number of hydrogen-bond acceptors (Lipinski definition) is 3. The topological polar surface area (TPSA) is 15.3 Å². The van der Waals surface area contributed by atoms with E-state index in [1.54, 1.807) is 0 Å². The van der Waals surface area contributed by atoms with Crippen molar-refractivity contribution in [2.75, 3.05) is 19.6 Å². The number of hydrogen-bond donors (Lipinski definition) is 1. The summed E-state index contributed by atoms with van der Waals surface area (Å²) in [6.45, 7) is 11.5. The van der Waals surface area contributed by atoms with Crippen LogP contribution in [0.3, 0.4) is 0 Å². The van der Waals surface area contributed by atoms with E-state index in [2.05, 4.69) is 48.5 Å². The van der Waals surface area contributed by atoms with Crippen molar-refractivity contribution in [1.82, 2.24) is 10.2 Å². The van der Waals surface area contributed by atoms with Crippen LogP contribution in [-0.2, 0) is 6.54 Å². The van der Waals surface area contributed by atoms with Gasteiger partial charge in [0, 0.05) is 24.0 Å². The molecule has 1 aromatic heterocycles. The Labute approximate surface area is 123 Å². The molecule has 0 bridgehead atoms. The summed E-state index contributed by atoms with van der Waals surface area (Å²) in [5.74, 6) is 0. The number of unbranched alkanes of at least 4 members (excludes halogenated alkanes) is 2. The normalized spacial score (nSPS) is 13.1. The van der Waals surface area contributed by atoms with E-state index in [4.69, 9.17) is 0 Å². The van der Waals surface area contributed by atoms with E-state index in [-0.39, 0.29) is 0 Å². The SMILES string of the molecule is CCCCN(CCCC)C(C)CNCc1cccs1. The highest BCUT2D eigenvalue weighted by Crippen LogP contribution is 2.08. The molecule has 0 aliphatic heterocycles. The zero-order valence-corrected chi connectivity index (χ0v) is 13.6. The van der Waals surface area contributed by atoms with Gasteiger partial charge in [0.05, 0.1) is 0 Å². The first kappa shape index (κ1) is 16.7. The van der Waals surface area contributed by atoms with Crippen LogP contribution in [-0.4, -0.2) is 30.6 Å². The van der Waals surface area contributed by atoms with Crippen LogP contribution in [0.15, 0.2) is 17.5 Å². The Morgan fingerprint density at radius 1 is 1.21 bits per heavy atom. The molecule has 1 unspecified atom stereocenters. The smallest absolute Gasteiger partial charge is 0.0300 e. The minimum atomic E-state index is 0.637. The summed E-state index contributed by atoms with van der Waals surface area (Å²) in [7, 11) is 0. The molecule has 2 nitrogen and oxygen atoms in total. The van der Waals surface area contributed by atoms with Crippen LogP contribution in [0.5, 0.6) is 0 Å². The maximum absolute atomic E-state index is 3.59. The van der Waals surface area contributed by atoms with Gasteiger partial charge in [-0.05, 0) is 44.3 Å². The number of rotatable bonds is 11. The van der Waals surface area contributed by atoms with Gasteiger partial charge in [0.2, 0.25) is 0 Å². The van der Waals surface area contributed by atoms with Crippen molar-refractivity contribution in [3.05, 3.63) is 22.4 Å². The fourth-order valence-electron chi connectivity index (χ4n) is 2.22. The summed E-state index contributed by atoms with van der Waals surface area (Å²) in [5, 5.41) is 5.74. The van der Waals surface area contributed by atoms with Crippen molar-refractivity contribution in [2.45, 2.75) is 59.0 Å². The summed E-state index contributed by atoms with van der Waals surface area (Å²) < 4.78 is 0. The average Bonchev–Trinajstić information content (AvgIpc) is 2.92.